The van der Waals surface area contributed by atoms with E-state index in [0.717, 1.165) is 49.2 Å². The summed E-state index contributed by atoms with van der Waals surface area (Å²) in [5, 5.41) is 11.5. The smallest absolute Gasteiger partial charge is 0.314 e. The Labute approximate surface area is 214 Å². The number of carbonyl (C=O) groups is 2. The standard InChI is InChI=1S/C28H30ClFN2O4/c1-18-25(23-16-21(29)4-7-24(23)32(18)17-19-8-14-36-15-9-19)26(33)31-12-10-28(11-13-31,27(34)35)20-2-5-22(30)6-3-20/h2-7,16,19H,8-15,17H2,1H3,(H,34,35). The number of halogens is 2. The van der Waals surface area contributed by atoms with Gasteiger partial charge in [0.1, 0.15) is 5.82 Å². The van der Waals surface area contributed by atoms with E-state index >= 15 is 0 Å². The number of nitrogens with zero attached hydrogens (tertiary/aromatic N) is 2. The van der Waals surface area contributed by atoms with Gasteiger partial charge in [0.15, 0.2) is 0 Å². The number of benzene rings is 2. The minimum atomic E-state index is -1.14. The average molecular weight is 513 g/mol. The molecule has 1 N–H and O–H groups in total. The molecule has 0 spiro atoms. The van der Waals surface area contributed by atoms with E-state index in [4.69, 9.17) is 16.3 Å². The Morgan fingerprint density at radius 3 is 2.42 bits per heavy atom. The van der Waals surface area contributed by atoms with Gasteiger partial charge >= 0.3 is 5.97 Å². The molecular weight excluding hydrogens is 483 g/mol. The first-order valence-electron chi connectivity index (χ1n) is 12.4. The highest BCUT2D eigenvalue weighted by atomic mass is 35.5. The fourth-order valence-corrected chi connectivity index (χ4v) is 5.96. The Morgan fingerprint density at radius 1 is 1.11 bits per heavy atom. The van der Waals surface area contributed by atoms with Gasteiger partial charge in [0, 0.05) is 54.5 Å². The number of fused-ring (bicyclic) bond motifs is 1. The van der Waals surface area contributed by atoms with Crippen LogP contribution in [0.25, 0.3) is 10.9 Å². The van der Waals surface area contributed by atoms with E-state index < -0.39 is 17.2 Å². The minimum absolute atomic E-state index is 0.108. The average Bonchev–Trinajstić information content (AvgIpc) is 3.14. The third-order valence-electron chi connectivity index (χ3n) is 7.99. The number of hydrogen-bond donors (Lipinski definition) is 1. The van der Waals surface area contributed by atoms with E-state index in [1.165, 1.54) is 24.3 Å². The summed E-state index contributed by atoms with van der Waals surface area (Å²) in [6, 6.07) is 11.3. The number of ether oxygens (including phenoxy) is 1. The summed E-state index contributed by atoms with van der Waals surface area (Å²) >= 11 is 6.34. The molecule has 0 atom stereocenters. The van der Waals surface area contributed by atoms with Gasteiger partial charge in [0.2, 0.25) is 0 Å². The molecule has 2 aliphatic heterocycles. The van der Waals surface area contributed by atoms with Gasteiger partial charge in [-0.1, -0.05) is 23.7 Å². The van der Waals surface area contributed by atoms with Crippen LogP contribution in [0.4, 0.5) is 4.39 Å². The molecule has 1 aromatic heterocycles. The lowest BCUT2D eigenvalue weighted by Crippen LogP contribution is -2.49. The van der Waals surface area contributed by atoms with E-state index in [0.29, 0.717) is 35.2 Å². The lowest BCUT2D eigenvalue weighted by atomic mass is 9.72. The largest absolute Gasteiger partial charge is 0.481 e. The van der Waals surface area contributed by atoms with Gasteiger partial charge in [-0.05, 0) is 74.4 Å². The van der Waals surface area contributed by atoms with E-state index in [1.54, 1.807) is 4.90 Å². The predicted octanol–water partition coefficient (Wildman–Crippen LogP) is 5.43. The second kappa shape index (κ2) is 9.87. The third kappa shape index (κ3) is 4.39. The van der Waals surface area contributed by atoms with Crippen LogP contribution >= 0.6 is 11.6 Å². The first kappa shape index (κ1) is 24.8. The molecule has 5 rings (SSSR count). The van der Waals surface area contributed by atoms with Crippen molar-refractivity contribution in [3.63, 3.8) is 0 Å². The fourth-order valence-electron chi connectivity index (χ4n) is 5.79. The molecule has 2 saturated heterocycles. The van der Waals surface area contributed by atoms with Crippen molar-refractivity contribution in [3.05, 3.63) is 70.1 Å². The van der Waals surface area contributed by atoms with E-state index in [2.05, 4.69) is 4.57 Å². The van der Waals surface area contributed by atoms with E-state index in [1.807, 2.05) is 25.1 Å². The Hall–Kier alpha value is -2.90. The molecule has 0 bridgehead atoms. The van der Waals surface area contributed by atoms with Gasteiger partial charge in [0.25, 0.3) is 5.91 Å². The van der Waals surface area contributed by atoms with Crippen molar-refractivity contribution >= 4 is 34.4 Å². The van der Waals surface area contributed by atoms with Crippen LogP contribution in [-0.4, -0.2) is 52.8 Å². The van der Waals surface area contributed by atoms with Gasteiger partial charge in [-0.25, -0.2) is 4.39 Å². The number of carbonyl (C=O) groups excluding carboxylic acids is 1. The summed E-state index contributed by atoms with van der Waals surface area (Å²) in [5.74, 6) is -0.979. The van der Waals surface area contributed by atoms with Crippen molar-refractivity contribution < 1.29 is 23.8 Å². The SMILES string of the molecule is Cc1c(C(=O)N2CCC(C(=O)O)(c3ccc(F)cc3)CC2)c2cc(Cl)ccc2n1CC1CCOCC1. The van der Waals surface area contributed by atoms with Crippen LogP contribution in [0.2, 0.25) is 5.02 Å². The monoisotopic (exact) mass is 512 g/mol. The highest BCUT2D eigenvalue weighted by Gasteiger charge is 2.44. The van der Waals surface area contributed by atoms with Gasteiger partial charge in [-0.2, -0.15) is 0 Å². The summed E-state index contributed by atoms with van der Waals surface area (Å²) in [7, 11) is 0. The topological polar surface area (TPSA) is 71.8 Å². The summed E-state index contributed by atoms with van der Waals surface area (Å²) in [6.07, 6.45) is 2.51. The van der Waals surface area contributed by atoms with Gasteiger partial charge in [-0.15, -0.1) is 0 Å². The number of likely N-dealkylation sites (tertiary alicyclic amines) is 1. The third-order valence-corrected chi connectivity index (χ3v) is 8.23. The first-order chi connectivity index (χ1) is 17.3. The molecule has 36 heavy (non-hydrogen) atoms. The molecular formula is C28H30ClFN2O4. The number of hydrogen-bond acceptors (Lipinski definition) is 3. The summed E-state index contributed by atoms with van der Waals surface area (Å²) in [4.78, 5) is 28.0. The Morgan fingerprint density at radius 2 is 1.78 bits per heavy atom. The lowest BCUT2D eigenvalue weighted by Gasteiger charge is -2.39. The van der Waals surface area contributed by atoms with Crippen LogP contribution in [0.15, 0.2) is 42.5 Å². The van der Waals surface area contributed by atoms with E-state index in [9.17, 15) is 19.1 Å². The Kier molecular flexibility index (Phi) is 6.79. The van der Waals surface area contributed by atoms with Gasteiger partial charge in [0.05, 0.1) is 11.0 Å². The highest BCUT2D eigenvalue weighted by Crippen LogP contribution is 2.38. The van der Waals surface area contributed by atoms with Crippen molar-refractivity contribution in [2.75, 3.05) is 26.3 Å². The van der Waals surface area contributed by atoms with Crippen LogP contribution in [-0.2, 0) is 21.5 Å². The maximum absolute atomic E-state index is 13.9. The van der Waals surface area contributed by atoms with Crippen molar-refractivity contribution in [2.45, 2.75) is 44.6 Å². The second-order valence-corrected chi connectivity index (χ2v) is 10.4. The molecule has 0 saturated carbocycles. The summed E-state index contributed by atoms with van der Waals surface area (Å²) in [6.45, 7) is 4.91. The lowest BCUT2D eigenvalue weighted by molar-refractivity contribution is -0.145. The molecule has 0 unspecified atom stereocenters. The second-order valence-electron chi connectivity index (χ2n) is 9.97. The molecule has 2 fully saturated rings. The van der Waals surface area contributed by atoms with Crippen molar-refractivity contribution in [1.29, 1.82) is 0 Å². The molecule has 1 amide bonds. The van der Waals surface area contributed by atoms with Crippen LogP contribution in [0.3, 0.4) is 0 Å². The molecule has 3 aromatic rings. The number of amides is 1. The molecule has 190 valence electrons. The molecule has 0 aliphatic carbocycles. The highest BCUT2D eigenvalue weighted by molar-refractivity contribution is 6.31. The predicted molar refractivity (Wildman–Crippen MR) is 136 cm³/mol. The van der Waals surface area contributed by atoms with Crippen LogP contribution in [0, 0.1) is 18.7 Å². The van der Waals surface area contributed by atoms with Crippen LogP contribution in [0.1, 0.15) is 47.3 Å². The molecule has 2 aromatic carbocycles. The van der Waals surface area contributed by atoms with Crippen molar-refractivity contribution in [1.82, 2.24) is 9.47 Å². The quantitative estimate of drug-likeness (QED) is 0.495. The summed E-state index contributed by atoms with van der Waals surface area (Å²) < 4.78 is 21.2. The molecule has 6 nitrogen and oxygen atoms in total. The number of aromatic nitrogens is 1. The number of carboxylic acid groups (broad SMARTS) is 1. The van der Waals surface area contributed by atoms with Crippen LogP contribution < -0.4 is 0 Å². The van der Waals surface area contributed by atoms with Crippen LogP contribution in [0.5, 0.6) is 0 Å². The number of rotatable bonds is 5. The summed E-state index contributed by atoms with van der Waals surface area (Å²) in [5.41, 5.74) is 1.94. The zero-order chi connectivity index (χ0) is 25.4. The molecule has 3 heterocycles. The molecule has 2 aliphatic rings. The minimum Gasteiger partial charge on any atom is -0.481 e. The molecule has 0 radical (unpaired) electrons. The fraction of sp³-hybridized carbons (Fsp3) is 0.429. The number of carboxylic acids is 1. The van der Waals surface area contributed by atoms with Gasteiger partial charge in [-0.3, -0.25) is 9.59 Å². The maximum Gasteiger partial charge on any atom is 0.314 e. The zero-order valence-electron chi connectivity index (χ0n) is 20.3. The number of piperidine rings is 1. The van der Waals surface area contributed by atoms with E-state index in [-0.39, 0.29) is 18.7 Å². The molecule has 8 heteroatoms. The normalized spacial score (nSPS) is 18.5. The Balaban J connectivity index is 1.44. The van der Waals surface area contributed by atoms with Crippen molar-refractivity contribution in [2.24, 2.45) is 5.92 Å². The zero-order valence-corrected chi connectivity index (χ0v) is 21.1. The van der Waals surface area contributed by atoms with Gasteiger partial charge < -0.3 is 19.3 Å². The Bertz CT molecular complexity index is 1290. The first-order valence-corrected chi connectivity index (χ1v) is 12.8. The maximum atomic E-state index is 13.9. The number of aliphatic carboxylic acids is 1. The van der Waals surface area contributed by atoms with Crippen molar-refractivity contribution in [3.8, 4) is 0 Å².